The van der Waals surface area contributed by atoms with E-state index >= 15 is 0 Å². The fourth-order valence-corrected chi connectivity index (χ4v) is 3.35. The molecule has 0 saturated heterocycles. The number of fused-ring (bicyclic) bond motifs is 1. The second-order valence-electron chi connectivity index (χ2n) is 6.41. The molecule has 0 bridgehead atoms. The minimum Gasteiger partial charge on any atom is -0.489 e. The quantitative estimate of drug-likeness (QED) is 0.426. The van der Waals surface area contributed by atoms with Gasteiger partial charge in [0.25, 0.3) is 0 Å². The Balaban J connectivity index is 1.45. The predicted octanol–water partition coefficient (Wildman–Crippen LogP) is 6.74. The fraction of sp³-hybridized carbons (Fsp3) is 0.0417. The van der Waals surface area contributed by atoms with Crippen molar-refractivity contribution in [3.05, 3.63) is 111 Å². The maximum Gasteiger partial charge on any atom is 0.231 e. The van der Waals surface area contributed by atoms with Crippen LogP contribution in [0.4, 0.5) is 0 Å². The summed E-state index contributed by atoms with van der Waals surface area (Å²) in [6.07, 6.45) is 5.38. The molecule has 144 valence electrons. The summed E-state index contributed by atoms with van der Waals surface area (Å²) in [6.45, 7) is 0.283. The summed E-state index contributed by atoms with van der Waals surface area (Å²) in [7, 11) is 0. The summed E-state index contributed by atoms with van der Waals surface area (Å²) in [5, 5.41) is 1.12. The SMILES string of the molecule is O=C1C(=CC=Cc2ccccc2)Oc2cc(OCc3ccc(Cl)cc3Cl)ccc21. The van der Waals surface area contributed by atoms with E-state index in [9.17, 15) is 4.79 Å². The van der Waals surface area contributed by atoms with E-state index in [1.807, 2.05) is 42.5 Å². The Labute approximate surface area is 178 Å². The van der Waals surface area contributed by atoms with Crippen molar-refractivity contribution in [2.45, 2.75) is 6.61 Å². The fourth-order valence-electron chi connectivity index (χ4n) is 2.88. The number of halogens is 2. The van der Waals surface area contributed by atoms with Gasteiger partial charge in [0.2, 0.25) is 5.78 Å². The minimum absolute atomic E-state index is 0.148. The number of hydrogen-bond donors (Lipinski definition) is 0. The molecule has 5 heteroatoms. The van der Waals surface area contributed by atoms with Crippen LogP contribution in [0.25, 0.3) is 6.08 Å². The smallest absolute Gasteiger partial charge is 0.231 e. The molecule has 0 N–H and O–H groups in total. The molecule has 3 aromatic rings. The third kappa shape index (κ3) is 4.53. The van der Waals surface area contributed by atoms with Crippen LogP contribution in [0.15, 0.2) is 84.6 Å². The van der Waals surface area contributed by atoms with Crippen molar-refractivity contribution in [2.75, 3.05) is 0 Å². The van der Waals surface area contributed by atoms with E-state index < -0.39 is 0 Å². The molecule has 3 aromatic carbocycles. The molecule has 0 spiro atoms. The summed E-state index contributed by atoms with van der Waals surface area (Å²) in [5.74, 6) is 1.20. The number of benzene rings is 3. The normalized spacial score (nSPS) is 14.3. The zero-order valence-corrected chi connectivity index (χ0v) is 16.8. The van der Waals surface area contributed by atoms with Crippen LogP contribution in [0.5, 0.6) is 11.5 Å². The van der Waals surface area contributed by atoms with Crippen LogP contribution >= 0.6 is 23.2 Å². The molecule has 0 amide bonds. The van der Waals surface area contributed by atoms with Crippen molar-refractivity contribution in [3.8, 4) is 11.5 Å². The van der Waals surface area contributed by atoms with Gasteiger partial charge in [-0.2, -0.15) is 0 Å². The summed E-state index contributed by atoms with van der Waals surface area (Å²) < 4.78 is 11.5. The Hall–Kier alpha value is -3.01. The lowest BCUT2D eigenvalue weighted by Crippen LogP contribution is -1.97. The Morgan fingerprint density at radius 3 is 2.59 bits per heavy atom. The maximum atomic E-state index is 12.5. The molecule has 0 radical (unpaired) electrons. The number of carbonyl (C=O) groups is 1. The number of allylic oxidation sites excluding steroid dienone is 3. The van der Waals surface area contributed by atoms with Crippen LogP contribution in [0, 0.1) is 0 Å². The van der Waals surface area contributed by atoms with Gasteiger partial charge in [-0.25, -0.2) is 0 Å². The van der Waals surface area contributed by atoms with Crippen molar-refractivity contribution in [1.82, 2.24) is 0 Å². The summed E-state index contributed by atoms with van der Waals surface area (Å²) >= 11 is 12.1. The Morgan fingerprint density at radius 2 is 1.79 bits per heavy atom. The Bertz CT molecular complexity index is 1120. The van der Waals surface area contributed by atoms with Crippen LogP contribution in [0.3, 0.4) is 0 Å². The van der Waals surface area contributed by atoms with Crippen LogP contribution < -0.4 is 9.47 Å². The Morgan fingerprint density at radius 1 is 0.966 bits per heavy atom. The van der Waals surface area contributed by atoms with Gasteiger partial charge >= 0.3 is 0 Å². The van der Waals surface area contributed by atoms with E-state index in [0.717, 1.165) is 11.1 Å². The van der Waals surface area contributed by atoms with Gasteiger partial charge in [-0.15, -0.1) is 0 Å². The van der Waals surface area contributed by atoms with Gasteiger partial charge in [0, 0.05) is 21.7 Å². The maximum absolute atomic E-state index is 12.5. The van der Waals surface area contributed by atoms with Gasteiger partial charge in [-0.1, -0.05) is 71.8 Å². The molecule has 1 aliphatic heterocycles. The average molecular weight is 423 g/mol. The highest BCUT2D eigenvalue weighted by Crippen LogP contribution is 2.34. The summed E-state index contributed by atoms with van der Waals surface area (Å²) in [4.78, 5) is 12.5. The molecular weight excluding hydrogens is 407 g/mol. The average Bonchev–Trinajstić information content (AvgIpc) is 3.03. The molecule has 0 saturated carbocycles. The summed E-state index contributed by atoms with van der Waals surface area (Å²) in [5.41, 5.74) is 2.38. The lowest BCUT2D eigenvalue weighted by molar-refractivity contribution is 0.101. The van der Waals surface area contributed by atoms with E-state index in [4.69, 9.17) is 32.7 Å². The first-order valence-corrected chi connectivity index (χ1v) is 9.72. The highest BCUT2D eigenvalue weighted by atomic mass is 35.5. The second-order valence-corrected chi connectivity index (χ2v) is 7.26. The van der Waals surface area contributed by atoms with Gasteiger partial charge in [-0.05, 0) is 35.9 Å². The highest BCUT2D eigenvalue weighted by Gasteiger charge is 2.27. The van der Waals surface area contributed by atoms with Crippen molar-refractivity contribution in [3.63, 3.8) is 0 Å². The molecule has 3 nitrogen and oxygen atoms in total. The van der Waals surface area contributed by atoms with Crippen molar-refractivity contribution < 1.29 is 14.3 Å². The van der Waals surface area contributed by atoms with Gasteiger partial charge in [0.05, 0.1) is 5.56 Å². The second kappa shape index (κ2) is 8.56. The number of carbonyl (C=O) groups excluding carboxylic acids is 1. The number of Topliss-reactive ketones (excluding diaryl/α,β-unsaturated/α-hetero) is 1. The monoisotopic (exact) mass is 422 g/mol. The molecule has 1 heterocycles. The van der Waals surface area contributed by atoms with Gasteiger partial charge in [0.1, 0.15) is 18.1 Å². The van der Waals surface area contributed by atoms with Gasteiger partial charge in [0.15, 0.2) is 5.76 Å². The zero-order valence-electron chi connectivity index (χ0n) is 15.3. The van der Waals surface area contributed by atoms with Crippen LogP contribution in [0.1, 0.15) is 21.5 Å². The topological polar surface area (TPSA) is 35.5 Å². The Kier molecular flexibility index (Phi) is 5.70. The molecule has 0 atom stereocenters. The zero-order chi connectivity index (χ0) is 20.2. The molecule has 0 unspecified atom stereocenters. The number of ketones is 1. The van der Waals surface area contributed by atoms with Crippen LogP contribution in [0.2, 0.25) is 10.0 Å². The molecule has 0 aromatic heterocycles. The highest BCUT2D eigenvalue weighted by molar-refractivity contribution is 6.35. The van der Waals surface area contributed by atoms with Crippen molar-refractivity contribution in [2.24, 2.45) is 0 Å². The van der Waals surface area contributed by atoms with E-state index in [-0.39, 0.29) is 18.1 Å². The molecule has 0 fully saturated rings. The largest absolute Gasteiger partial charge is 0.489 e. The lowest BCUT2D eigenvalue weighted by atomic mass is 10.1. The number of rotatable bonds is 5. The lowest BCUT2D eigenvalue weighted by Gasteiger charge is -2.09. The van der Waals surface area contributed by atoms with E-state index in [0.29, 0.717) is 27.1 Å². The minimum atomic E-state index is -0.148. The first-order chi connectivity index (χ1) is 14.1. The molecular formula is C24H16Cl2O3. The number of ether oxygens (including phenoxy) is 2. The number of hydrogen-bond acceptors (Lipinski definition) is 3. The van der Waals surface area contributed by atoms with Crippen molar-refractivity contribution in [1.29, 1.82) is 0 Å². The molecule has 29 heavy (non-hydrogen) atoms. The van der Waals surface area contributed by atoms with Gasteiger partial charge in [-0.3, -0.25) is 4.79 Å². The van der Waals surface area contributed by atoms with Crippen molar-refractivity contribution >= 4 is 35.1 Å². The molecule has 1 aliphatic rings. The van der Waals surface area contributed by atoms with Crippen LogP contribution in [-0.4, -0.2) is 5.78 Å². The third-order valence-electron chi connectivity index (χ3n) is 4.39. The predicted molar refractivity (Wildman–Crippen MR) is 116 cm³/mol. The molecule has 4 rings (SSSR count). The third-order valence-corrected chi connectivity index (χ3v) is 4.97. The van der Waals surface area contributed by atoms with E-state index in [1.165, 1.54) is 0 Å². The standard InChI is InChI=1S/C24H16Cl2O3/c25-18-10-9-17(21(26)13-18)15-28-19-11-12-20-23(14-19)29-22(24(20)27)8-4-7-16-5-2-1-3-6-16/h1-14H,15H2. The summed E-state index contributed by atoms with van der Waals surface area (Å²) in [6, 6.07) is 20.2. The van der Waals surface area contributed by atoms with E-state index in [2.05, 4.69) is 0 Å². The first kappa shape index (κ1) is 19.3. The van der Waals surface area contributed by atoms with Gasteiger partial charge < -0.3 is 9.47 Å². The van der Waals surface area contributed by atoms with Crippen LogP contribution in [-0.2, 0) is 6.61 Å². The first-order valence-electron chi connectivity index (χ1n) is 8.97. The van der Waals surface area contributed by atoms with E-state index in [1.54, 1.807) is 42.5 Å². The molecule has 0 aliphatic carbocycles.